The van der Waals surface area contributed by atoms with E-state index in [0.717, 1.165) is 13.1 Å². The Labute approximate surface area is 135 Å². The normalized spacial score (nSPS) is 11.9. The van der Waals surface area contributed by atoms with Crippen molar-refractivity contribution in [1.29, 1.82) is 5.26 Å². The topological polar surface area (TPSA) is 56.1 Å². The molecule has 114 valence electrons. The highest BCUT2D eigenvalue weighted by molar-refractivity contribution is 7.09. The van der Waals surface area contributed by atoms with E-state index in [4.69, 9.17) is 5.26 Å². The molecule has 2 aromatic rings. The fourth-order valence-electron chi connectivity index (χ4n) is 2.20. The van der Waals surface area contributed by atoms with Gasteiger partial charge in [-0.2, -0.15) is 5.26 Å². The third kappa shape index (κ3) is 4.17. The van der Waals surface area contributed by atoms with E-state index in [1.807, 2.05) is 25.3 Å². The lowest BCUT2D eigenvalue weighted by Crippen LogP contribution is -2.41. The second kappa shape index (κ2) is 7.74. The first-order valence-electron chi connectivity index (χ1n) is 7.21. The molecular weight excluding hydrogens is 294 g/mol. The van der Waals surface area contributed by atoms with Crippen molar-refractivity contribution in [2.24, 2.45) is 0 Å². The van der Waals surface area contributed by atoms with Gasteiger partial charge in [0.15, 0.2) is 0 Å². The number of rotatable bonds is 6. The molecule has 2 rings (SSSR count). The zero-order valence-corrected chi connectivity index (χ0v) is 13.6. The van der Waals surface area contributed by atoms with E-state index in [-0.39, 0.29) is 11.9 Å². The summed E-state index contributed by atoms with van der Waals surface area (Å²) >= 11 is 1.70. The summed E-state index contributed by atoms with van der Waals surface area (Å²) in [5.41, 5.74) is 1.19. The van der Waals surface area contributed by atoms with Crippen LogP contribution in [0.15, 0.2) is 41.8 Å². The first kappa shape index (κ1) is 16.2. The van der Waals surface area contributed by atoms with Crippen LogP contribution < -0.4 is 5.32 Å². The summed E-state index contributed by atoms with van der Waals surface area (Å²) in [5.74, 6) is -0.0616. The molecule has 0 spiro atoms. The highest BCUT2D eigenvalue weighted by Crippen LogP contribution is 2.15. The minimum Gasteiger partial charge on any atom is -0.325 e. The molecule has 0 unspecified atom stereocenters. The zero-order valence-electron chi connectivity index (χ0n) is 12.7. The number of nitrogens with one attached hydrogen (secondary N) is 1. The van der Waals surface area contributed by atoms with Crippen LogP contribution in [0, 0.1) is 11.3 Å². The third-order valence-corrected chi connectivity index (χ3v) is 4.39. The Morgan fingerprint density at radius 2 is 2.23 bits per heavy atom. The van der Waals surface area contributed by atoms with Gasteiger partial charge in [0.05, 0.1) is 17.7 Å². The van der Waals surface area contributed by atoms with Crippen LogP contribution in [0.3, 0.4) is 0 Å². The lowest BCUT2D eigenvalue weighted by atomic mass is 10.2. The smallest absolute Gasteiger partial charge is 0.241 e. The highest BCUT2D eigenvalue weighted by atomic mass is 32.1. The van der Waals surface area contributed by atoms with Crippen LogP contribution >= 0.6 is 11.3 Å². The van der Waals surface area contributed by atoms with E-state index in [1.165, 1.54) is 4.88 Å². The molecule has 1 amide bonds. The Morgan fingerprint density at radius 1 is 1.41 bits per heavy atom. The predicted molar refractivity (Wildman–Crippen MR) is 89.7 cm³/mol. The standard InChI is InChI=1S/C17H19N3OS/c1-3-20(12-16-8-5-9-22-16)13(2)17(21)19-15-7-4-6-14(10-15)11-18/h4-10,13H,3,12H2,1-2H3,(H,19,21)/t13-/m0/s1. The van der Waals surface area contributed by atoms with Gasteiger partial charge >= 0.3 is 0 Å². The number of hydrogen-bond acceptors (Lipinski definition) is 4. The fourth-order valence-corrected chi connectivity index (χ4v) is 2.93. The van der Waals surface area contributed by atoms with Gasteiger partial charge in [-0.25, -0.2) is 0 Å². The number of hydrogen-bond donors (Lipinski definition) is 1. The summed E-state index contributed by atoms with van der Waals surface area (Å²) in [7, 11) is 0. The number of benzene rings is 1. The Bertz CT molecular complexity index is 661. The average Bonchev–Trinajstić information content (AvgIpc) is 3.05. The van der Waals surface area contributed by atoms with Gasteiger partial charge in [0, 0.05) is 17.1 Å². The van der Waals surface area contributed by atoms with E-state index in [0.29, 0.717) is 11.3 Å². The Morgan fingerprint density at radius 3 is 2.86 bits per heavy atom. The summed E-state index contributed by atoms with van der Waals surface area (Å²) < 4.78 is 0. The SMILES string of the molecule is CCN(Cc1cccs1)[C@@H](C)C(=O)Nc1cccc(C#N)c1. The molecule has 0 aliphatic carbocycles. The number of nitrogens with zero attached hydrogens (tertiary/aromatic N) is 2. The van der Waals surface area contributed by atoms with Crippen molar-refractivity contribution < 1.29 is 4.79 Å². The largest absolute Gasteiger partial charge is 0.325 e. The second-order valence-corrected chi connectivity index (χ2v) is 6.03. The lowest BCUT2D eigenvalue weighted by Gasteiger charge is -2.26. The van der Waals surface area contributed by atoms with Crippen molar-refractivity contribution in [3.63, 3.8) is 0 Å². The Balaban J connectivity index is 2.02. The number of thiophene rings is 1. The molecule has 0 aliphatic heterocycles. The maximum absolute atomic E-state index is 12.4. The van der Waals surface area contributed by atoms with Gasteiger partial charge in [0.25, 0.3) is 0 Å². The van der Waals surface area contributed by atoms with Gasteiger partial charge in [0.1, 0.15) is 0 Å². The molecule has 1 aromatic heterocycles. The summed E-state index contributed by atoms with van der Waals surface area (Å²) in [6.45, 7) is 5.51. The maximum Gasteiger partial charge on any atom is 0.241 e. The second-order valence-electron chi connectivity index (χ2n) is 5.00. The van der Waals surface area contributed by atoms with Crippen molar-refractivity contribution in [3.05, 3.63) is 52.2 Å². The molecule has 1 N–H and O–H groups in total. The van der Waals surface area contributed by atoms with Crippen LogP contribution in [-0.2, 0) is 11.3 Å². The average molecular weight is 313 g/mol. The Kier molecular flexibility index (Phi) is 5.70. The molecule has 4 nitrogen and oxygen atoms in total. The fraction of sp³-hybridized carbons (Fsp3) is 0.294. The highest BCUT2D eigenvalue weighted by Gasteiger charge is 2.20. The Hall–Kier alpha value is -2.16. The van der Waals surface area contributed by atoms with Crippen molar-refractivity contribution in [2.75, 3.05) is 11.9 Å². The first-order valence-corrected chi connectivity index (χ1v) is 8.09. The van der Waals surface area contributed by atoms with Crippen LogP contribution in [0.5, 0.6) is 0 Å². The van der Waals surface area contributed by atoms with Gasteiger partial charge in [0.2, 0.25) is 5.91 Å². The van der Waals surface area contributed by atoms with Gasteiger partial charge in [-0.3, -0.25) is 9.69 Å². The first-order chi connectivity index (χ1) is 10.6. The van der Waals surface area contributed by atoms with Crippen LogP contribution in [0.25, 0.3) is 0 Å². The number of nitriles is 1. The summed E-state index contributed by atoms with van der Waals surface area (Å²) in [4.78, 5) is 15.8. The number of anilines is 1. The molecule has 1 atom stereocenters. The van der Waals surface area contributed by atoms with Crippen molar-refractivity contribution in [3.8, 4) is 6.07 Å². The number of likely N-dealkylation sites (N-methyl/N-ethyl adjacent to an activating group) is 1. The van der Waals surface area contributed by atoms with Gasteiger partial charge in [-0.15, -0.1) is 11.3 Å². The number of carbonyl (C=O) groups excluding carboxylic acids is 1. The molecule has 1 heterocycles. The molecule has 0 fully saturated rings. The molecule has 0 saturated heterocycles. The minimum absolute atomic E-state index is 0.0616. The molecule has 0 bridgehead atoms. The van der Waals surface area contributed by atoms with Crippen LogP contribution in [-0.4, -0.2) is 23.4 Å². The van der Waals surface area contributed by atoms with Gasteiger partial charge in [-0.05, 0) is 43.1 Å². The van der Waals surface area contributed by atoms with Crippen LogP contribution in [0.1, 0.15) is 24.3 Å². The third-order valence-electron chi connectivity index (χ3n) is 3.53. The van der Waals surface area contributed by atoms with Crippen LogP contribution in [0.2, 0.25) is 0 Å². The van der Waals surface area contributed by atoms with E-state index >= 15 is 0 Å². The summed E-state index contributed by atoms with van der Waals surface area (Å²) in [6.07, 6.45) is 0. The number of carbonyl (C=O) groups is 1. The molecule has 1 aromatic carbocycles. The molecule has 0 radical (unpaired) electrons. The van der Waals surface area contributed by atoms with E-state index in [9.17, 15) is 4.79 Å². The van der Waals surface area contributed by atoms with E-state index in [1.54, 1.807) is 35.6 Å². The van der Waals surface area contributed by atoms with Gasteiger partial charge < -0.3 is 5.32 Å². The zero-order chi connectivity index (χ0) is 15.9. The van der Waals surface area contributed by atoms with E-state index < -0.39 is 0 Å². The van der Waals surface area contributed by atoms with Crippen LogP contribution in [0.4, 0.5) is 5.69 Å². The summed E-state index contributed by atoms with van der Waals surface area (Å²) in [6, 6.07) is 12.9. The molecule has 5 heteroatoms. The van der Waals surface area contributed by atoms with E-state index in [2.05, 4.69) is 22.4 Å². The monoisotopic (exact) mass is 313 g/mol. The molecule has 0 aliphatic rings. The molecule has 22 heavy (non-hydrogen) atoms. The molecular formula is C17H19N3OS. The predicted octanol–water partition coefficient (Wildman–Crippen LogP) is 3.47. The quantitative estimate of drug-likeness (QED) is 0.888. The van der Waals surface area contributed by atoms with Gasteiger partial charge in [-0.1, -0.05) is 19.1 Å². The lowest BCUT2D eigenvalue weighted by molar-refractivity contribution is -0.120. The summed E-state index contributed by atoms with van der Waals surface area (Å²) in [5, 5.41) is 13.8. The van der Waals surface area contributed by atoms with Crippen molar-refractivity contribution in [1.82, 2.24) is 4.90 Å². The van der Waals surface area contributed by atoms with Crippen molar-refractivity contribution in [2.45, 2.75) is 26.4 Å². The van der Waals surface area contributed by atoms with Crippen molar-refractivity contribution >= 4 is 22.9 Å². The number of amides is 1. The maximum atomic E-state index is 12.4. The minimum atomic E-state index is -0.238. The molecule has 0 saturated carbocycles.